The van der Waals surface area contributed by atoms with E-state index in [9.17, 15) is 9.59 Å². The van der Waals surface area contributed by atoms with Gasteiger partial charge in [-0.15, -0.1) is 0 Å². The highest BCUT2D eigenvalue weighted by Crippen LogP contribution is 2.14. The molecule has 0 aliphatic rings. The minimum absolute atomic E-state index is 0.0598. The van der Waals surface area contributed by atoms with Crippen molar-refractivity contribution in [1.29, 1.82) is 0 Å². The fourth-order valence-corrected chi connectivity index (χ4v) is 1.32. The number of ketones is 1. The van der Waals surface area contributed by atoms with Crippen LogP contribution in [0.3, 0.4) is 0 Å². The molecule has 0 radical (unpaired) electrons. The number of rotatable bonds is 6. The van der Waals surface area contributed by atoms with E-state index in [1.54, 1.807) is 6.92 Å². The van der Waals surface area contributed by atoms with Crippen molar-refractivity contribution in [2.75, 3.05) is 13.7 Å². The standard InChI is InChI=1S/C11H20O4/c1-6-15-10(7(2)3)9(12)8(4)11(13)14-5/h7-8,10H,6H2,1-5H3. The highest BCUT2D eigenvalue weighted by atomic mass is 16.5. The van der Waals surface area contributed by atoms with Crippen LogP contribution in [0, 0.1) is 11.8 Å². The maximum atomic E-state index is 11.8. The Labute approximate surface area is 90.9 Å². The third kappa shape index (κ3) is 4.00. The highest BCUT2D eigenvalue weighted by molar-refractivity contribution is 6.00. The predicted octanol–water partition coefficient (Wildman–Crippen LogP) is 1.43. The number of esters is 1. The van der Waals surface area contributed by atoms with Crippen molar-refractivity contribution in [2.24, 2.45) is 11.8 Å². The largest absolute Gasteiger partial charge is 0.468 e. The first-order valence-electron chi connectivity index (χ1n) is 5.18. The maximum Gasteiger partial charge on any atom is 0.316 e. The number of Topliss-reactive ketones (excluding diaryl/α,β-unsaturated/α-hetero) is 1. The lowest BCUT2D eigenvalue weighted by Crippen LogP contribution is -2.37. The van der Waals surface area contributed by atoms with Crippen LogP contribution in [0.25, 0.3) is 0 Å². The summed E-state index contributed by atoms with van der Waals surface area (Å²) in [6.45, 7) is 7.61. The molecule has 0 amide bonds. The fourth-order valence-electron chi connectivity index (χ4n) is 1.32. The smallest absolute Gasteiger partial charge is 0.316 e. The number of methoxy groups -OCH3 is 1. The molecule has 0 bridgehead atoms. The summed E-state index contributed by atoms with van der Waals surface area (Å²) in [4.78, 5) is 23.0. The normalized spacial score (nSPS) is 14.8. The molecular formula is C11H20O4. The first-order valence-corrected chi connectivity index (χ1v) is 5.18. The third-order valence-corrected chi connectivity index (χ3v) is 2.21. The zero-order valence-electron chi connectivity index (χ0n) is 10.1. The van der Waals surface area contributed by atoms with Crippen LogP contribution in [-0.2, 0) is 19.1 Å². The quantitative estimate of drug-likeness (QED) is 0.498. The molecule has 0 saturated heterocycles. The van der Waals surface area contributed by atoms with Crippen LogP contribution in [0.4, 0.5) is 0 Å². The average molecular weight is 216 g/mol. The Kier molecular flexibility index (Phi) is 6.17. The van der Waals surface area contributed by atoms with E-state index in [0.29, 0.717) is 6.61 Å². The van der Waals surface area contributed by atoms with Crippen molar-refractivity contribution in [3.8, 4) is 0 Å². The number of carbonyl (C=O) groups excluding carboxylic acids is 2. The molecule has 15 heavy (non-hydrogen) atoms. The van der Waals surface area contributed by atoms with Gasteiger partial charge in [0, 0.05) is 6.61 Å². The van der Waals surface area contributed by atoms with Crippen molar-refractivity contribution in [2.45, 2.75) is 33.8 Å². The van der Waals surface area contributed by atoms with Gasteiger partial charge in [0.05, 0.1) is 7.11 Å². The van der Waals surface area contributed by atoms with E-state index in [-0.39, 0.29) is 11.7 Å². The molecule has 0 rings (SSSR count). The Balaban J connectivity index is 4.55. The average Bonchev–Trinajstić information content (AvgIpc) is 2.22. The van der Waals surface area contributed by atoms with E-state index in [0.717, 1.165) is 0 Å². The molecule has 0 aromatic heterocycles. The van der Waals surface area contributed by atoms with Gasteiger partial charge in [-0.05, 0) is 19.8 Å². The second-order valence-electron chi connectivity index (χ2n) is 3.77. The molecule has 0 N–H and O–H groups in total. The van der Waals surface area contributed by atoms with Gasteiger partial charge < -0.3 is 9.47 Å². The van der Waals surface area contributed by atoms with E-state index in [4.69, 9.17) is 4.74 Å². The Hall–Kier alpha value is -0.900. The summed E-state index contributed by atoms with van der Waals surface area (Å²) in [6, 6.07) is 0. The zero-order valence-corrected chi connectivity index (χ0v) is 10.1. The Morgan fingerprint density at radius 1 is 1.20 bits per heavy atom. The molecule has 0 spiro atoms. The summed E-state index contributed by atoms with van der Waals surface area (Å²) in [5, 5.41) is 0. The molecule has 88 valence electrons. The van der Waals surface area contributed by atoms with Gasteiger partial charge in [-0.25, -0.2) is 0 Å². The fraction of sp³-hybridized carbons (Fsp3) is 0.818. The summed E-state index contributed by atoms with van der Waals surface area (Å²) in [5.41, 5.74) is 0. The number of carbonyl (C=O) groups is 2. The molecular weight excluding hydrogens is 196 g/mol. The lowest BCUT2D eigenvalue weighted by atomic mass is 9.94. The minimum atomic E-state index is -0.756. The van der Waals surface area contributed by atoms with Crippen molar-refractivity contribution >= 4 is 11.8 Å². The van der Waals surface area contributed by atoms with Crippen molar-refractivity contribution in [3.63, 3.8) is 0 Å². The van der Waals surface area contributed by atoms with Crippen LogP contribution in [0.15, 0.2) is 0 Å². The van der Waals surface area contributed by atoms with E-state index in [1.807, 2.05) is 20.8 Å². The van der Waals surface area contributed by atoms with Crippen molar-refractivity contribution < 1.29 is 19.1 Å². The number of hydrogen-bond acceptors (Lipinski definition) is 4. The monoisotopic (exact) mass is 216 g/mol. The first kappa shape index (κ1) is 14.1. The van der Waals surface area contributed by atoms with E-state index >= 15 is 0 Å². The van der Waals surface area contributed by atoms with Crippen LogP contribution < -0.4 is 0 Å². The number of ether oxygens (including phenoxy) is 2. The Bertz CT molecular complexity index is 223. The molecule has 4 heteroatoms. The highest BCUT2D eigenvalue weighted by Gasteiger charge is 2.31. The molecule has 0 fully saturated rings. The van der Waals surface area contributed by atoms with Gasteiger partial charge in [0.15, 0.2) is 5.78 Å². The minimum Gasteiger partial charge on any atom is -0.468 e. The molecule has 2 unspecified atom stereocenters. The molecule has 2 atom stereocenters. The summed E-state index contributed by atoms with van der Waals surface area (Å²) >= 11 is 0. The van der Waals surface area contributed by atoms with Crippen LogP contribution in [-0.4, -0.2) is 31.6 Å². The van der Waals surface area contributed by atoms with Gasteiger partial charge in [-0.2, -0.15) is 0 Å². The zero-order chi connectivity index (χ0) is 12.0. The van der Waals surface area contributed by atoms with Gasteiger partial charge in [0.2, 0.25) is 0 Å². The first-order chi connectivity index (χ1) is 6.95. The lowest BCUT2D eigenvalue weighted by Gasteiger charge is -2.21. The SMILES string of the molecule is CCOC(C(=O)C(C)C(=O)OC)C(C)C. The van der Waals surface area contributed by atoms with E-state index < -0.39 is 18.0 Å². The summed E-state index contributed by atoms with van der Waals surface area (Å²) < 4.78 is 9.85. The van der Waals surface area contributed by atoms with Crippen LogP contribution >= 0.6 is 0 Å². The van der Waals surface area contributed by atoms with E-state index in [2.05, 4.69) is 4.74 Å². The summed E-state index contributed by atoms with van der Waals surface area (Å²) in [7, 11) is 1.27. The summed E-state index contributed by atoms with van der Waals surface area (Å²) in [5.74, 6) is -1.41. The van der Waals surface area contributed by atoms with E-state index in [1.165, 1.54) is 7.11 Å². The van der Waals surface area contributed by atoms with Crippen molar-refractivity contribution in [3.05, 3.63) is 0 Å². The topological polar surface area (TPSA) is 52.6 Å². The van der Waals surface area contributed by atoms with Gasteiger partial charge in [-0.1, -0.05) is 13.8 Å². The number of hydrogen-bond donors (Lipinski definition) is 0. The van der Waals surface area contributed by atoms with Crippen LogP contribution in [0.1, 0.15) is 27.7 Å². The molecule has 4 nitrogen and oxygen atoms in total. The Morgan fingerprint density at radius 3 is 2.07 bits per heavy atom. The van der Waals surface area contributed by atoms with Crippen LogP contribution in [0.2, 0.25) is 0 Å². The molecule has 0 aromatic rings. The molecule has 0 aliphatic heterocycles. The van der Waals surface area contributed by atoms with Crippen molar-refractivity contribution in [1.82, 2.24) is 0 Å². The molecule has 0 aliphatic carbocycles. The lowest BCUT2D eigenvalue weighted by molar-refractivity contribution is -0.153. The third-order valence-electron chi connectivity index (χ3n) is 2.21. The second kappa shape index (κ2) is 6.56. The van der Waals surface area contributed by atoms with Gasteiger partial charge >= 0.3 is 5.97 Å². The Morgan fingerprint density at radius 2 is 1.73 bits per heavy atom. The molecule has 0 heterocycles. The summed E-state index contributed by atoms with van der Waals surface area (Å²) in [6.07, 6.45) is -0.524. The molecule has 0 saturated carbocycles. The van der Waals surface area contributed by atoms with Crippen LogP contribution in [0.5, 0.6) is 0 Å². The van der Waals surface area contributed by atoms with Gasteiger partial charge in [-0.3, -0.25) is 9.59 Å². The molecule has 0 aromatic carbocycles. The second-order valence-corrected chi connectivity index (χ2v) is 3.77. The van der Waals surface area contributed by atoms with Gasteiger partial charge in [0.25, 0.3) is 0 Å². The predicted molar refractivity (Wildman–Crippen MR) is 56.4 cm³/mol. The maximum absolute atomic E-state index is 11.8. The van der Waals surface area contributed by atoms with Gasteiger partial charge in [0.1, 0.15) is 12.0 Å².